The van der Waals surface area contributed by atoms with Gasteiger partial charge in [-0.3, -0.25) is 9.80 Å². The Morgan fingerprint density at radius 3 is 2.30 bits per heavy atom. The van der Waals surface area contributed by atoms with Crippen LogP contribution in [-0.4, -0.2) is 85.3 Å². The quantitative estimate of drug-likeness (QED) is 0.800. The first-order valence-corrected chi connectivity index (χ1v) is 8.86. The highest BCUT2D eigenvalue weighted by molar-refractivity contribution is 5.33. The van der Waals surface area contributed by atoms with Crippen molar-refractivity contribution >= 4 is 5.95 Å². The molecule has 0 amide bonds. The maximum atomic E-state index is 5.41. The maximum absolute atomic E-state index is 5.41. The highest BCUT2D eigenvalue weighted by atomic mass is 16.5. The SMILES string of the molecule is CCc1nc(N2CCN(CCN3CCOCC3)CC2)ncc1C. The second-order valence-corrected chi connectivity index (χ2v) is 6.44. The average Bonchev–Trinajstić information content (AvgIpc) is 2.62. The molecule has 6 heteroatoms. The van der Waals surface area contributed by atoms with Crippen LogP contribution in [0.15, 0.2) is 6.20 Å². The van der Waals surface area contributed by atoms with Crippen molar-refractivity contribution in [1.82, 2.24) is 19.8 Å². The van der Waals surface area contributed by atoms with Crippen molar-refractivity contribution in [2.75, 3.05) is 70.5 Å². The maximum Gasteiger partial charge on any atom is 0.225 e. The van der Waals surface area contributed by atoms with E-state index in [4.69, 9.17) is 9.72 Å². The molecule has 1 aromatic rings. The number of aryl methyl sites for hydroxylation is 2. The zero-order valence-corrected chi connectivity index (χ0v) is 14.5. The van der Waals surface area contributed by atoms with Gasteiger partial charge in [-0.1, -0.05) is 6.92 Å². The molecule has 2 aliphatic rings. The predicted molar refractivity (Wildman–Crippen MR) is 92.1 cm³/mol. The summed E-state index contributed by atoms with van der Waals surface area (Å²) in [7, 11) is 0. The van der Waals surface area contributed by atoms with E-state index in [9.17, 15) is 0 Å². The Hall–Kier alpha value is -1.24. The number of hydrogen-bond donors (Lipinski definition) is 0. The highest BCUT2D eigenvalue weighted by Gasteiger charge is 2.20. The lowest BCUT2D eigenvalue weighted by Gasteiger charge is -2.36. The van der Waals surface area contributed by atoms with Crippen molar-refractivity contribution in [2.24, 2.45) is 0 Å². The molecule has 0 aromatic carbocycles. The second-order valence-electron chi connectivity index (χ2n) is 6.44. The molecule has 0 spiro atoms. The first-order valence-electron chi connectivity index (χ1n) is 8.86. The molecule has 6 nitrogen and oxygen atoms in total. The normalized spacial score (nSPS) is 20.9. The van der Waals surface area contributed by atoms with Gasteiger partial charge in [-0.2, -0.15) is 0 Å². The van der Waals surface area contributed by atoms with E-state index in [1.54, 1.807) is 0 Å². The number of anilines is 1. The van der Waals surface area contributed by atoms with E-state index in [-0.39, 0.29) is 0 Å². The Morgan fingerprint density at radius 2 is 1.65 bits per heavy atom. The van der Waals surface area contributed by atoms with Gasteiger partial charge in [-0.25, -0.2) is 9.97 Å². The van der Waals surface area contributed by atoms with E-state index in [1.165, 1.54) is 11.3 Å². The molecule has 0 N–H and O–H groups in total. The summed E-state index contributed by atoms with van der Waals surface area (Å²) in [5.41, 5.74) is 2.37. The Kier molecular flexibility index (Phi) is 5.80. The van der Waals surface area contributed by atoms with Crippen molar-refractivity contribution in [3.63, 3.8) is 0 Å². The zero-order chi connectivity index (χ0) is 16.1. The molecule has 23 heavy (non-hydrogen) atoms. The largest absolute Gasteiger partial charge is 0.379 e. The molecule has 1 aromatic heterocycles. The number of ether oxygens (including phenoxy) is 1. The number of rotatable bonds is 5. The zero-order valence-electron chi connectivity index (χ0n) is 14.5. The summed E-state index contributed by atoms with van der Waals surface area (Å²) in [5.74, 6) is 0.903. The van der Waals surface area contributed by atoms with Gasteiger partial charge in [0.2, 0.25) is 5.95 Å². The summed E-state index contributed by atoms with van der Waals surface area (Å²) in [4.78, 5) is 16.6. The molecule has 0 bridgehead atoms. The van der Waals surface area contributed by atoms with Crippen LogP contribution in [0.3, 0.4) is 0 Å². The third-order valence-corrected chi connectivity index (χ3v) is 4.89. The van der Waals surface area contributed by atoms with E-state index in [2.05, 4.69) is 33.5 Å². The first-order chi connectivity index (χ1) is 11.3. The topological polar surface area (TPSA) is 44.7 Å². The molecule has 2 aliphatic heterocycles. The molecule has 0 atom stereocenters. The lowest BCUT2D eigenvalue weighted by atomic mass is 10.2. The van der Waals surface area contributed by atoms with Crippen LogP contribution in [0.5, 0.6) is 0 Å². The Bertz CT molecular complexity index is 496. The summed E-state index contributed by atoms with van der Waals surface area (Å²) in [5, 5.41) is 0. The van der Waals surface area contributed by atoms with Gasteiger partial charge < -0.3 is 9.64 Å². The van der Waals surface area contributed by atoms with Crippen LogP contribution in [-0.2, 0) is 11.2 Å². The van der Waals surface area contributed by atoms with E-state index in [0.717, 1.165) is 77.9 Å². The summed E-state index contributed by atoms with van der Waals surface area (Å²) >= 11 is 0. The monoisotopic (exact) mass is 319 g/mol. The number of hydrogen-bond acceptors (Lipinski definition) is 6. The van der Waals surface area contributed by atoms with Gasteiger partial charge in [-0.05, 0) is 18.9 Å². The van der Waals surface area contributed by atoms with Crippen LogP contribution in [0.25, 0.3) is 0 Å². The van der Waals surface area contributed by atoms with E-state index < -0.39 is 0 Å². The van der Waals surface area contributed by atoms with Gasteiger partial charge in [-0.15, -0.1) is 0 Å². The molecule has 3 heterocycles. The van der Waals surface area contributed by atoms with Crippen LogP contribution in [0.4, 0.5) is 5.95 Å². The summed E-state index contributed by atoms with van der Waals surface area (Å²) in [6.07, 6.45) is 2.94. The molecule has 0 unspecified atom stereocenters. The van der Waals surface area contributed by atoms with Crippen LogP contribution >= 0.6 is 0 Å². The number of morpholine rings is 1. The summed E-state index contributed by atoms with van der Waals surface area (Å²) in [6.45, 7) is 14.7. The van der Waals surface area contributed by atoms with Crippen molar-refractivity contribution < 1.29 is 4.74 Å². The molecule has 128 valence electrons. The molecule has 0 aliphatic carbocycles. The molecule has 3 rings (SSSR count). The minimum Gasteiger partial charge on any atom is -0.379 e. The van der Waals surface area contributed by atoms with E-state index in [1.807, 2.05) is 6.20 Å². The first kappa shape index (κ1) is 16.6. The molecule has 0 radical (unpaired) electrons. The lowest BCUT2D eigenvalue weighted by molar-refractivity contribution is 0.0331. The minimum atomic E-state index is 0.887. The highest BCUT2D eigenvalue weighted by Crippen LogP contribution is 2.14. The van der Waals surface area contributed by atoms with Crippen LogP contribution < -0.4 is 4.90 Å². The fourth-order valence-corrected chi connectivity index (χ4v) is 3.26. The van der Waals surface area contributed by atoms with Gasteiger partial charge >= 0.3 is 0 Å². The van der Waals surface area contributed by atoms with Crippen LogP contribution in [0, 0.1) is 6.92 Å². The van der Waals surface area contributed by atoms with Gasteiger partial charge in [0.05, 0.1) is 13.2 Å². The number of nitrogens with zero attached hydrogens (tertiary/aromatic N) is 5. The molecular formula is C17H29N5O. The van der Waals surface area contributed by atoms with Gasteiger partial charge in [0.15, 0.2) is 0 Å². The number of piperazine rings is 1. The molecule has 2 saturated heterocycles. The summed E-state index contributed by atoms with van der Waals surface area (Å²) < 4.78 is 5.41. The standard InChI is InChI=1S/C17H29N5O/c1-3-16-15(2)14-18-17(19-16)22-8-6-20(7-9-22)4-5-21-10-12-23-13-11-21/h14H,3-13H2,1-2H3. The lowest BCUT2D eigenvalue weighted by Crippen LogP contribution is -2.49. The van der Waals surface area contributed by atoms with E-state index in [0.29, 0.717) is 0 Å². The molecule has 2 fully saturated rings. The van der Waals surface area contributed by atoms with Crippen LogP contribution in [0.1, 0.15) is 18.2 Å². The minimum absolute atomic E-state index is 0.887. The van der Waals surface area contributed by atoms with Crippen LogP contribution in [0.2, 0.25) is 0 Å². The molecular weight excluding hydrogens is 290 g/mol. The van der Waals surface area contributed by atoms with E-state index >= 15 is 0 Å². The third-order valence-electron chi connectivity index (χ3n) is 4.89. The average molecular weight is 319 g/mol. The van der Waals surface area contributed by atoms with Gasteiger partial charge in [0, 0.05) is 64.2 Å². The van der Waals surface area contributed by atoms with Gasteiger partial charge in [0.25, 0.3) is 0 Å². The Balaban J connectivity index is 1.46. The van der Waals surface area contributed by atoms with Crippen molar-refractivity contribution in [2.45, 2.75) is 20.3 Å². The Labute approximate surface area is 139 Å². The second kappa shape index (κ2) is 8.04. The third kappa shape index (κ3) is 4.40. The van der Waals surface area contributed by atoms with Crippen molar-refractivity contribution in [1.29, 1.82) is 0 Å². The fourth-order valence-electron chi connectivity index (χ4n) is 3.26. The predicted octanol–water partition coefficient (Wildman–Crippen LogP) is 0.802. The smallest absolute Gasteiger partial charge is 0.225 e. The molecule has 0 saturated carbocycles. The van der Waals surface area contributed by atoms with Crippen molar-refractivity contribution in [3.05, 3.63) is 17.5 Å². The summed E-state index contributed by atoms with van der Waals surface area (Å²) in [6, 6.07) is 0. The van der Waals surface area contributed by atoms with Crippen molar-refractivity contribution in [3.8, 4) is 0 Å². The number of aromatic nitrogens is 2. The van der Waals surface area contributed by atoms with Gasteiger partial charge in [0.1, 0.15) is 0 Å². The fraction of sp³-hybridized carbons (Fsp3) is 0.765. The Morgan fingerprint density at radius 1 is 1.00 bits per heavy atom.